The van der Waals surface area contributed by atoms with Crippen LogP contribution in [-0.2, 0) is 7.05 Å². The Kier molecular flexibility index (Phi) is 4.80. The first-order chi connectivity index (χ1) is 12.2. The van der Waals surface area contributed by atoms with Gasteiger partial charge < -0.3 is 10.2 Å². The number of hydrogen-bond acceptors (Lipinski definition) is 5. The van der Waals surface area contributed by atoms with Crippen molar-refractivity contribution in [2.75, 3.05) is 43.0 Å². The maximum absolute atomic E-state index is 12.6. The van der Waals surface area contributed by atoms with Gasteiger partial charge >= 0.3 is 6.03 Å². The summed E-state index contributed by atoms with van der Waals surface area (Å²) < 4.78 is 0. The van der Waals surface area contributed by atoms with E-state index in [1.54, 1.807) is 7.05 Å². The maximum Gasteiger partial charge on any atom is 0.321 e. The molecular formula is C17H24N6OS. The third-order valence-electron chi connectivity index (χ3n) is 5.07. The van der Waals surface area contributed by atoms with E-state index in [4.69, 9.17) is 0 Å². The Balaban J connectivity index is 1.37. The maximum atomic E-state index is 12.6. The van der Waals surface area contributed by atoms with Gasteiger partial charge in [-0.3, -0.25) is 4.90 Å². The molecule has 8 heteroatoms. The van der Waals surface area contributed by atoms with Gasteiger partial charge in [-0.1, -0.05) is 6.07 Å². The van der Waals surface area contributed by atoms with Crippen molar-refractivity contribution in [3.05, 3.63) is 18.2 Å². The molecule has 2 fully saturated rings. The van der Waals surface area contributed by atoms with Gasteiger partial charge in [-0.2, -0.15) is 26.8 Å². The predicted octanol–water partition coefficient (Wildman–Crippen LogP) is 2.01. The predicted molar refractivity (Wildman–Crippen MR) is 101 cm³/mol. The molecule has 0 bridgehead atoms. The van der Waals surface area contributed by atoms with Crippen LogP contribution in [0.25, 0.3) is 11.0 Å². The molecule has 1 aromatic carbocycles. The van der Waals surface area contributed by atoms with E-state index in [1.165, 1.54) is 29.4 Å². The molecule has 0 spiro atoms. The Morgan fingerprint density at radius 3 is 2.68 bits per heavy atom. The highest BCUT2D eigenvalue weighted by Crippen LogP contribution is 2.23. The number of likely N-dealkylation sites (tertiary alicyclic amines) is 1. The van der Waals surface area contributed by atoms with Crippen LogP contribution in [0.15, 0.2) is 18.2 Å². The van der Waals surface area contributed by atoms with Gasteiger partial charge in [0.1, 0.15) is 11.0 Å². The normalized spacial score (nSPS) is 20.1. The molecule has 1 N–H and O–H groups in total. The number of carbonyl (C=O) groups excluding carboxylic acids is 1. The highest BCUT2D eigenvalue weighted by molar-refractivity contribution is 7.99. The lowest BCUT2D eigenvalue weighted by molar-refractivity contribution is 0.130. The topological polar surface area (TPSA) is 66.3 Å². The quantitative estimate of drug-likeness (QED) is 0.887. The van der Waals surface area contributed by atoms with Gasteiger partial charge in [0.05, 0.1) is 5.69 Å². The minimum Gasteiger partial charge on any atom is -0.324 e. The van der Waals surface area contributed by atoms with Crippen molar-refractivity contribution in [1.82, 2.24) is 24.8 Å². The standard InChI is InChI=1S/C17H24N6OS/c1-21-19-15-4-2-3-14(16(15)20-21)18-17(24)23-7-5-13(6-8-23)22-9-11-25-12-10-22/h2-4,13H,5-12H2,1H3,(H,18,24). The van der Waals surface area contributed by atoms with Crippen LogP contribution >= 0.6 is 11.8 Å². The van der Waals surface area contributed by atoms with Gasteiger partial charge in [-0.05, 0) is 25.0 Å². The molecule has 7 nitrogen and oxygen atoms in total. The van der Waals surface area contributed by atoms with Crippen molar-refractivity contribution in [3.63, 3.8) is 0 Å². The molecule has 2 aromatic rings. The molecule has 0 radical (unpaired) electrons. The Hall–Kier alpha value is -1.80. The number of piperidine rings is 1. The van der Waals surface area contributed by atoms with E-state index in [2.05, 4.69) is 20.4 Å². The van der Waals surface area contributed by atoms with Crippen LogP contribution in [0.1, 0.15) is 12.8 Å². The van der Waals surface area contributed by atoms with Crippen LogP contribution in [-0.4, -0.2) is 74.6 Å². The van der Waals surface area contributed by atoms with Crippen molar-refractivity contribution in [2.24, 2.45) is 7.05 Å². The molecule has 2 aliphatic rings. The molecule has 2 amide bonds. The van der Waals surface area contributed by atoms with E-state index in [1.807, 2.05) is 34.9 Å². The Bertz CT molecular complexity index is 749. The summed E-state index contributed by atoms with van der Waals surface area (Å²) in [5.74, 6) is 2.48. The fourth-order valence-electron chi connectivity index (χ4n) is 3.71. The Labute approximate surface area is 151 Å². The summed E-state index contributed by atoms with van der Waals surface area (Å²) in [4.78, 5) is 18.7. The zero-order valence-electron chi connectivity index (χ0n) is 14.5. The number of rotatable bonds is 2. The van der Waals surface area contributed by atoms with Crippen molar-refractivity contribution in [3.8, 4) is 0 Å². The summed E-state index contributed by atoms with van der Waals surface area (Å²) in [5.41, 5.74) is 2.26. The summed E-state index contributed by atoms with van der Waals surface area (Å²) in [5, 5.41) is 11.7. The van der Waals surface area contributed by atoms with E-state index in [0.29, 0.717) is 6.04 Å². The number of anilines is 1. The summed E-state index contributed by atoms with van der Waals surface area (Å²) in [6, 6.07) is 6.28. The fraction of sp³-hybridized carbons (Fsp3) is 0.588. The van der Waals surface area contributed by atoms with Gasteiger partial charge in [-0.25, -0.2) is 4.79 Å². The zero-order chi connectivity index (χ0) is 17.2. The molecule has 0 saturated carbocycles. The zero-order valence-corrected chi connectivity index (χ0v) is 15.3. The molecular weight excluding hydrogens is 336 g/mol. The number of aryl methyl sites for hydroxylation is 1. The number of nitrogens with zero attached hydrogens (tertiary/aromatic N) is 5. The second kappa shape index (κ2) is 7.21. The van der Waals surface area contributed by atoms with Gasteiger partial charge in [0.25, 0.3) is 0 Å². The number of amides is 2. The second-order valence-corrected chi connectivity index (χ2v) is 7.88. The van der Waals surface area contributed by atoms with Crippen molar-refractivity contribution in [2.45, 2.75) is 18.9 Å². The van der Waals surface area contributed by atoms with E-state index in [9.17, 15) is 4.79 Å². The summed E-state index contributed by atoms with van der Waals surface area (Å²) in [7, 11) is 1.79. The fourth-order valence-corrected chi connectivity index (χ4v) is 4.64. The Morgan fingerprint density at radius 1 is 1.16 bits per heavy atom. The molecule has 2 saturated heterocycles. The molecule has 0 unspecified atom stereocenters. The number of carbonyl (C=O) groups is 1. The van der Waals surface area contributed by atoms with E-state index in [0.717, 1.165) is 42.7 Å². The molecule has 25 heavy (non-hydrogen) atoms. The number of nitrogens with one attached hydrogen (secondary N) is 1. The summed E-state index contributed by atoms with van der Waals surface area (Å²) >= 11 is 2.04. The first kappa shape index (κ1) is 16.7. The number of thioether (sulfide) groups is 1. The van der Waals surface area contributed by atoms with Gasteiger partial charge in [0.15, 0.2) is 0 Å². The highest BCUT2D eigenvalue weighted by atomic mass is 32.2. The molecule has 4 rings (SSSR count). The average molecular weight is 360 g/mol. The van der Waals surface area contributed by atoms with Gasteiger partial charge in [0.2, 0.25) is 0 Å². The first-order valence-corrected chi connectivity index (χ1v) is 10.0. The van der Waals surface area contributed by atoms with Crippen LogP contribution < -0.4 is 5.32 Å². The summed E-state index contributed by atoms with van der Waals surface area (Å²) in [6.07, 6.45) is 2.13. The number of urea groups is 1. The SMILES string of the molecule is Cn1nc2cccc(NC(=O)N3CCC(N4CCSCC4)CC3)c2n1. The average Bonchev–Trinajstić information content (AvgIpc) is 3.04. The minimum absolute atomic E-state index is 0.0363. The lowest BCUT2D eigenvalue weighted by Gasteiger charge is -2.40. The van der Waals surface area contributed by atoms with Crippen LogP contribution in [0.3, 0.4) is 0 Å². The number of benzene rings is 1. The highest BCUT2D eigenvalue weighted by Gasteiger charge is 2.28. The monoisotopic (exact) mass is 360 g/mol. The van der Waals surface area contributed by atoms with Gasteiger partial charge in [0, 0.05) is 50.8 Å². The van der Waals surface area contributed by atoms with Crippen LogP contribution in [0, 0.1) is 0 Å². The van der Waals surface area contributed by atoms with Crippen molar-refractivity contribution < 1.29 is 4.79 Å². The summed E-state index contributed by atoms with van der Waals surface area (Å²) in [6.45, 7) is 4.01. The lowest BCUT2D eigenvalue weighted by atomic mass is 10.0. The second-order valence-electron chi connectivity index (χ2n) is 6.66. The molecule has 0 aliphatic carbocycles. The van der Waals surface area contributed by atoms with E-state index < -0.39 is 0 Å². The first-order valence-electron chi connectivity index (χ1n) is 8.88. The molecule has 134 valence electrons. The van der Waals surface area contributed by atoms with E-state index in [-0.39, 0.29) is 6.03 Å². The smallest absolute Gasteiger partial charge is 0.321 e. The number of fused-ring (bicyclic) bond motifs is 1. The van der Waals surface area contributed by atoms with Crippen molar-refractivity contribution >= 4 is 34.5 Å². The third-order valence-corrected chi connectivity index (χ3v) is 6.01. The van der Waals surface area contributed by atoms with Crippen LogP contribution in [0.4, 0.5) is 10.5 Å². The molecule has 1 aromatic heterocycles. The minimum atomic E-state index is -0.0363. The van der Waals surface area contributed by atoms with Crippen LogP contribution in [0.2, 0.25) is 0 Å². The lowest BCUT2D eigenvalue weighted by Crippen LogP contribution is -2.49. The van der Waals surface area contributed by atoms with Crippen molar-refractivity contribution in [1.29, 1.82) is 0 Å². The molecule has 2 aliphatic heterocycles. The van der Waals surface area contributed by atoms with Crippen LogP contribution in [0.5, 0.6) is 0 Å². The van der Waals surface area contributed by atoms with E-state index >= 15 is 0 Å². The molecule has 0 atom stereocenters. The largest absolute Gasteiger partial charge is 0.324 e. The third kappa shape index (κ3) is 3.59. The molecule has 3 heterocycles. The van der Waals surface area contributed by atoms with Gasteiger partial charge in [-0.15, -0.1) is 0 Å². The Morgan fingerprint density at radius 2 is 1.92 bits per heavy atom. The number of hydrogen-bond donors (Lipinski definition) is 1. The number of aromatic nitrogens is 3.